The number of carbonyl (C=O) groups is 1. The Morgan fingerprint density at radius 2 is 2.19 bits per heavy atom. The maximum Gasteiger partial charge on any atom is 0.261 e. The van der Waals surface area contributed by atoms with Crippen LogP contribution in [0.4, 0.5) is 10.7 Å². The van der Waals surface area contributed by atoms with Crippen LogP contribution in [-0.2, 0) is 0 Å². The Hall–Kier alpha value is -1.47. The minimum Gasteiger partial charge on any atom is -0.486 e. The summed E-state index contributed by atoms with van der Waals surface area (Å²) in [4.78, 5) is 13.8. The number of anilines is 2. The molecule has 2 rings (SSSR count). The summed E-state index contributed by atoms with van der Waals surface area (Å²) in [5, 5.41) is 11.0. The molecule has 1 fully saturated rings. The lowest BCUT2D eigenvalue weighted by Crippen LogP contribution is -2.46. The molecule has 1 atom stereocenters. The summed E-state index contributed by atoms with van der Waals surface area (Å²) in [6.45, 7) is 6.89. The maximum absolute atomic E-state index is 11.5. The quantitative estimate of drug-likeness (QED) is 0.783. The maximum atomic E-state index is 11.5. The molecule has 1 saturated heterocycles. The number of carbonyl (C=O) groups excluding carboxylic acids is 1. The molecule has 0 aromatic carbocycles. The number of hydrogen-bond acceptors (Lipinski definition) is 6. The largest absolute Gasteiger partial charge is 0.486 e. The van der Waals surface area contributed by atoms with Crippen molar-refractivity contribution < 1.29 is 14.6 Å². The van der Waals surface area contributed by atoms with Gasteiger partial charge in [0.05, 0.1) is 11.7 Å². The van der Waals surface area contributed by atoms with E-state index in [-0.39, 0.29) is 6.10 Å². The number of nitrogens with two attached hydrogens (primary N) is 2. The lowest BCUT2D eigenvalue weighted by atomic mass is 9.95. The Balaban J connectivity index is 2.41. The average Bonchev–Trinajstić information content (AvgIpc) is 2.65. The van der Waals surface area contributed by atoms with Crippen molar-refractivity contribution in [3.05, 3.63) is 4.88 Å². The fourth-order valence-corrected chi connectivity index (χ4v) is 3.58. The smallest absolute Gasteiger partial charge is 0.261 e. The molecular weight excluding hydrogens is 290 g/mol. The number of ether oxygens (including phenoxy) is 1. The highest BCUT2D eigenvalue weighted by atomic mass is 32.1. The van der Waals surface area contributed by atoms with Gasteiger partial charge in [0, 0.05) is 13.1 Å². The molecule has 1 amide bonds. The van der Waals surface area contributed by atoms with Crippen molar-refractivity contribution >= 4 is 27.9 Å². The van der Waals surface area contributed by atoms with Gasteiger partial charge in [-0.3, -0.25) is 4.79 Å². The van der Waals surface area contributed by atoms with Crippen molar-refractivity contribution in [1.82, 2.24) is 0 Å². The first-order valence-electron chi connectivity index (χ1n) is 7.07. The highest BCUT2D eigenvalue weighted by Gasteiger charge is 2.33. The molecule has 2 heterocycles. The number of nitrogens with zero attached hydrogens (tertiary/aromatic N) is 1. The minimum absolute atomic E-state index is 0.0633. The molecule has 1 aliphatic heterocycles. The Morgan fingerprint density at radius 3 is 2.71 bits per heavy atom. The molecule has 0 radical (unpaired) electrons. The molecular formula is C14H23N3O3S. The topological polar surface area (TPSA) is 102 Å². The van der Waals surface area contributed by atoms with Crippen LogP contribution in [0.15, 0.2) is 0 Å². The van der Waals surface area contributed by atoms with Gasteiger partial charge in [-0.1, -0.05) is 0 Å². The molecule has 0 aliphatic carbocycles. The van der Waals surface area contributed by atoms with Crippen molar-refractivity contribution in [3.8, 4) is 5.75 Å². The first kappa shape index (κ1) is 15.9. The van der Waals surface area contributed by atoms with Crippen molar-refractivity contribution in [1.29, 1.82) is 0 Å². The van der Waals surface area contributed by atoms with Gasteiger partial charge in [-0.25, -0.2) is 0 Å². The van der Waals surface area contributed by atoms with Gasteiger partial charge in [0.2, 0.25) is 0 Å². The summed E-state index contributed by atoms with van der Waals surface area (Å²) in [5.74, 6) is -0.0531. The van der Waals surface area contributed by atoms with Crippen LogP contribution in [0.1, 0.15) is 43.3 Å². The zero-order valence-electron chi connectivity index (χ0n) is 12.7. The van der Waals surface area contributed by atoms with Crippen LogP contribution in [0.5, 0.6) is 5.75 Å². The van der Waals surface area contributed by atoms with Crippen LogP contribution in [0.25, 0.3) is 0 Å². The fraction of sp³-hybridized carbons (Fsp3) is 0.643. The van der Waals surface area contributed by atoms with E-state index in [4.69, 9.17) is 16.2 Å². The number of piperidine rings is 1. The Labute approximate surface area is 128 Å². The van der Waals surface area contributed by atoms with E-state index in [2.05, 4.69) is 0 Å². The average molecular weight is 313 g/mol. The molecule has 6 nitrogen and oxygen atoms in total. The second-order valence-corrected chi connectivity index (χ2v) is 7.03. The zero-order valence-corrected chi connectivity index (χ0v) is 13.5. The summed E-state index contributed by atoms with van der Waals surface area (Å²) >= 11 is 1.23. The van der Waals surface area contributed by atoms with Gasteiger partial charge >= 0.3 is 0 Å². The molecule has 1 aromatic heterocycles. The van der Waals surface area contributed by atoms with E-state index in [0.717, 1.165) is 24.4 Å². The van der Waals surface area contributed by atoms with Crippen molar-refractivity contribution in [3.63, 3.8) is 0 Å². The number of primary amides is 1. The van der Waals surface area contributed by atoms with Gasteiger partial charge in [-0.2, -0.15) is 0 Å². The number of thiophene rings is 1. The molecule has 5 N–H and O–H groups in total. The number of aliphatic hydroxyl groups is 1. The molecule has 0 saturated carbocycles. The monoisotopic (exact) mass is 313 g/mol. The number of β-amino-alcohol motifs (C(OH)–C–C–N with tert-alkyl or cyclic N) is 1. The van der Waals surface area contributed by atoms with Gasteiger partial charge in [0.15, 0.2) is 5.75 Å². The minimum atomic E-state index is -0.751. The summed E-state index contributed by atoms with van der Waals surface area (Å²) in [6, 6.07) is 0. The summed E-state index contributed by atoms with van der Waals surface area (Å²) in [6.07, 6.45) is 1.57. The fourth-order valence-electron chi connectivity index (χ4n) is 2.55. The van der Waals surface area contributed by atoms with E-state index in [1.165, 1.54) is 11.3 Å². The van der Waals surface area contributed by atoms with E-state index >= 15 is 0 Å². The standard InChI is InChI=1S/C14H23N3O3S/c1-8(2)20-10-9(15)11(12(16)18)21-13(10)17-6-4-5-14(3,19)7-17/h8,19H,4-7,15H2,1-3H3,(H2,16,18). The Kier molecular flexibility index (Phi) is 4.34. The second kappa shape index (κ2) is 5.73. The van der Waals surface area contributed by atoms with Crippen LogP contribution in [0.2, 0.25) is 0 Å². The number of amides is 1. The Bertz CT molecular complexity index is 540. The van der Waals surface area contributed by atoms with Crippen LogP contribution in [-0.4, -0.2) is 35.8 Å². The zero-order chi connectivity index (χ0) is 15.8. The highest BCUT2D eigenvalue weighted by molar-refractivity contribution is 7.19. The molecule has 21 heavy (non-hydrogen) atoms. The lowest BCUT2D eigenvalue weighted by molar-refractivity contribution is 0.0449. The third-order valence-electron chi connectivity index (χ3n) is 3.42. The van der Waals surface area contributed by atoms with Crippen LogP contribution in [0, 0.1) is 0 Å². The van der Waals surface area contributed by atoms with Crippen LogP contribution >= 0.6 is 11.3 Å². The number of rotatable bonds is 4. The molecule has 7 heteroatoms. The van der Waals surface area contributed by atoms with Crippen molar-refractivity contribution in [2.75, 3.05) is 23.7 Å². The third kappa shape index (κ3) is 3.41. The molecule has 1 unspecified atom stereocenters. The number of hydrogen-bond donors (Lipinski definition) is 3. The third-order valence-corrected chi connectivity index (χ3v) is 4.68. The first-order valence-corrected chi connectivity index (χ1v) is 7.89. The molecule has 1 aliphatic rings. The van der Waals surface area contributed by atoms with E-state index < -0.39 is 11.5 Å². The van der Waals surface area contributed by atoms with Crippen LogP contribution < -0.4 is 21.1 Å². The van der Waals surface area contributed by atoms with Gasteiger partial charge in [0.25, 0.3) is 5.91 Å². The van der Waals surface area contributed by atoms with Crippen molar-refractivity contribution in [2.24, 2.45) is 5.73 Å². The van der Waals surface area contributed by atoms with E-state index in [9.17, 15) is 9.90 Å². The summed E-state index contributed by atoms with van der Waals surface area (Å²) in [5.41, 5.74) is 10.9. The number of nitrogen functional groups attached to an aromatic ring is 1. The molecule has 0 bridgehead atoms. The van der Waals surface area contributed by atoms with Gasteiger partial charge in [0.1, 0.15) is 15.6 Å². The van der Waals surface area contributed by atoms with Crippen molar-refractivity contribution in [2.45, 2.75) is 45.3 Å². The predicted molar refractivity (Wildman–Crippen MR) is 85.1 cm³/mol. The first-order chi connectivity index (χ1) is 9.71. The van der Waals surface area contributed by atoms with Crippen LogP contribution in [0.3, 0.4) is 0 Å². The highest BCUT2D eigenvalue weighted by Crippen LogP contribution is 2.46. The lowest BCUT2D eigenvalue weighted by Gasteiger charge is -2.37. The van der Waals surface area contributed by atoms with Gasteiger partial charge in [-0.15, -0.1) is 11.3 Å². The SMILES string of the molecule is CC(C)Oc1c(N2CCCC(C)(O)C2)sc(C(N)=O)c1N. The van der Waals surface area contributed by atoms with E-state index in [0.29, 0.717) is 22.9 Å². The predicted octanol–water partition coefficient (Wildman–Crippen LogP) is 1.57. The molecule has 0 spiro atoms. The second-order valence-electron chi connectivity index (χ2n) is 6.03. The molecule has 1 aromatic rings. The van der Waals surface area contributed by atoms with E-state index in [1.54, 1.807) is 0 Å². The Morgan fingerprint density at radius 1 is 1.52 bits per heavy atom. The summed E-state index contributed by atoms with van der Waals surface area (Å²) < 4.78 is 5.78. The normalized spacial score (nSPS) is 22.6. The molecule has 118 valence electrons. The van der Waals surface area contributed by atoms with E-state index in [1.807, 2.05) is 25.7 Å². The van der Waals surface area contributed by atoms with Gasteiger partial charge < -0.3 is 26.2 Å². The van der Waals surface area contributed by atoms with Gasteiger partial charge in [-0.05, 0) is 33.6 Å². The summed E-state index contributed by atoms with van der Waals surface area (Å²) in [7, 11) is 0.